The van der Waals surface area contributed by atoms with Crippen LogP contribution in [-0.2, 0) is 6.54 Å². The number of benzene rings is 1. The van der Waals surface area contributed by atoms with Crippen LogP contribution in [0.3, 0.4) is 0 Å². The Morgan fingerprint density at radius 3 is 2.69 bits per heavy atom. The van der Waals surface area contributed by atoms with Gasteiger partial charge in [0.1, 0.15) is 6.04 Å². The summed E-state index contributed by atoms with van der Waals surface area (Å²) in [6.07, 6.45) is -2.47. The summed E-state index contributed by atoms with van der Waals surface area (Å²) in [6.45, 7) is 0.266. The molecule has 0 unspecified atom stereocenters. The first-order chi connectivity index (χ1) is 7.68. The van der Waals surface area contributed by atoms with Gasteiger partial charge in [-0.2, -0.15) is 0 Å². The molecule has 86 valence electrons. The second-order valence-electron chi connectivity index (χ2n) is 3.59. The Bertz CT molecular complexity index is 372. The SMILES string of the molecule is O=C1SC[C@@H](C(F)F)N1Cc1ccccc1. The maximum absolute atomic E-state index is 12.7. The van der Waals surface area contributed by atoms with Crippen LogP contribution in [0.2, 0.25) is 0 Å². The van der Waals surface area contributed by atoms with E-state index in [0.29, 0.717) is 0 Å². The molecule has 0 N–H and O–H groups in total. The highest BCUT2D eigenvalue weighted by Crippen LogP contribution is 2.29. The van der Waals surface area contributed by atoms with Crippen molar-refractivity contribution in [2.24, 2.45) is 0 Å². The number of halogens is 2. The number of nitrogens with zero attached hydrogens (tertiary/aromatic N) is 1. The molecule has 2 rings (SSSR count). The van der Waals surface area contributed by atoms with E-state index in [0.717, 1.165) is 17.3 Å². The lowest BCUT2D eigenvalue weighted by molar-refractivity contribution is 0.0606. The molecule has 0 bridgehead atoms. The standard InChI is InChI=1S/C11H11F2NOS/c12-10(13)9-7-16-11(15)14(9)6-8-4-2-1-3-5-8/h1-5,9-10H,6-7H2/t9-/m0/s1. The molecular weight excluding hydrogens is 232 g/mol. The van der Waals surface area contributed by atoms with Gasteiger partial charge in [0.25, 0.3) is 11.7 Å². The van der Waals surface area contributed by atoms with Crippen molar-refractivity contribution in [1.29, 1.82) is 0 Å². The maximum atomic E-state index is 12.7. The third-order valence-electron chi connectivity index (χ3n) is 2.50. The van der Waals surface area contributed by atoms with Crippen molar-refractivity contribution in [3.8, 4) is 0 Å². The van der Waals surface area contributed by atoms with Crippen LogP contribution in [0.1, 0.15) is 5.56 Å². The number of alkyl halides is 2. The fraction of sp³-hybridized carbons (Fsp3) is 0.364. The number of carbonyl (C=O) groups is 1. The summed E-state index contributed by atoms with van der Waals surface area (Å²) < 4.78 is 25.3. The van der Waals surface area contributed by atoms with Gasteiger partial charge in [-0.05, 0) is 5.56 Å². The Kier molecular flexibility index (Phi) is 3.43. The molecule has 1 aromatic carbocycles. The third-order valence-corrected chi connectivity index (χ3v) is 3.49. The van der Waals surface area contributed by atoms with Gasteiger partial charge >= 0.3 is 0 Å². The van der Waals surface area contributed by atoms with Crippen molar-refractivity contribution in [1.82, 2.24) is 4.90 Å². The van der Waals surface area contributed by atoms with E-state index in [2.05, 4.69) is 0 Å². The largest absolute Gasteiger partial charge is 0.320 e. The highest BCUT2D eigenvalue weighted by Gasteiger charge is 2.37. The Morgan fingerprint density at radius 1 is 1.38 bits per heavy atom. The third kappa shape index (κ3) is 2.35. The maximum Gasteiger partial charge on any atom is 0.282 e. The Hall–Kier alpha value is -1.10. The topological polar surface area (TPSA) is 20.3 Å². The molecule has 2 nitrogen and oxygen atoms in total. The molecular formula is C11H11F2NOS. The molecule has 0 aromatic heterocycles. The molecule has 1 atom stereocenters. The van der Waals surface area contributed by atoms with Crippen molar-refractivity contribution in [2.75, 3.05) is 5.75 Å². The van der Waals surface area contributed by atoms with E-state index >= 15 is 0 Å². The van der Waals surface area contributed by atoms with Crippen LogP contribution in [0.5, 0.6) is 0 Å². The van der Waals surface area contributed by atoms with Gasteiger partial charge < -0.3 is 4.90 Å². The summed E-state index contributed by atoms with van der Waals surface area (Å²) in [4.78, 5) is 12.7. The van der Waals surface area contributed by atoms with E-state index in [1.807, 2.05) is 30.3 Å². The zero-order chi connectivity index (χ0) is 11.5. The number of hydrogen-bond acceptors (Lipinski definition) is 2. The minimum atomic E-state index is -2.47. The molecule has 0 spiro atoms. The van der Waals surface area contributed by atoms with Crippen LogP contribution < -0.4 is 0 Å². The first-order valence-electron chi connectivity index (χ1n) is 4.94. The molecule has 0 radical (unpaired) electrons. The van der Waals surface area contributed by atoms with Crippen LogP contribution in [0.25, 0.3) is 0 Å². The lowest BCUT2D eigenvalue weighted by Gasteiger charge is -2.22. The molecule has 1 amide bonds. The van der Waals surface area contributed by atoms with Crippen LogP contribution in [0, 0.1) is 0 Å². The second kappa shape index (κ2) is 4.82. The average molecular weight is 243 g/mol. The van der Waals surface area contributed by atoms with Gasteiger partial charge in [0, 0.05) is 12.3 Å². The minimum absolute atomic E-state index is 0.184. The lowest BCUT2D eigenvalue weighted by atomic mass is 10.2. The summed E-state index contributed by atoms with van der Waals surface area (Å²) in [5.74, 6) is 0.184. The zero-order valence-corrected chi connectivity index (χ0v) is 9.29. The van der Waals surface area contributed by atoms with E-state index in [1.54, 1.807) is 0 Å². The number of rotatable bonds is 3. The monoisotopic (exact) mass is 243 g/mol. The molecule has 1 aliphatic rings. The predicted molar refractivity (Wildman–Crippen MR) is 59.6 cm³/mol. The first kappa shape index (κ1) is 11.4. The van der Waals surface area contributed by atoms with E-state index in [-0.39, 0.29) is 17.5 Å². The van der Waals surface area contributed by atoms with E-state index in [1.165, 1.54) is 4.90 Å². The quantitative estimate of drug-likeness (QED) is 0.813. The van der Waals surface area contributed by atoms with Crippen molar-refractivity contribution in [3.05, 3.63) is 35.9 Å². The number of hydrogen-bond donors (Lipinski definition) is 0. The highest BCUT2D eigenvalue weighted by molar-refractivity contribution is 8.13. The molecule has 0 saturated carbocycles. The van der Waals surface area contributed by atoms with Crippen LogP contribution in [0.15, 0.2) is 30.3 Å². The van der Waals surface area contributed by atoms with Crippen molar-refractivity contribution < 1.29 is 13.6 Å². The Labute approximate surface area is 96.6 Å². The normalized spacial score (nSPS) is 20.8. The summed E-state index contributed by atoms with van der Waals surface area (Å²) in [5.41, 5.74) is 0.879. The molecule has 1 heterocycles. The summed E-state index contributed by atoms with van der Waals surface area (Å²) in [5, 5.41) is -0.255. The molecule has 1 saturated heterocycles. The van der Waals surface area contributed by atoms with Crippen molar-refractivity contribution in [3.63, 3.8) is 0 Å². The molecule has 1 aliphatic heterocycles. The van der Waals surface area contributed by atoms with Gasteiger partial charge in [-0.25, -0.2) is 8.78 Å². The summed E-state index contributed by atoms with van der Waals surface area (Å²) in [7, 11) is 0. The van der Waals surface area contributed by atoms with Gasteiger partial charge in [0.05, 0.1) is 0 Å². The van der Waals surface area contributed by atoms with Gasteiger partial charge in [0.15, 0.2) is 0 Å². The van der Waals surface area contributed by atoms with Gasteiger partial charge in [-0.15, -0.1) is 0 Å². The van der Waals surface area contributed by atoms with Crippen LogP contribution >= 0.6 is 11.8 Å². The Morgan fingerprint density at radius 2 is 2.06 bits per heavy atom. The van der Waals surface area contributed by atoms with Crippen molar-refractivity contribution in [2.45, 2.75) is 19.0 Å². The van der Waals surface area contributed by atoms with Crippen LogP contribution in [0.4, 0.5) is 13.6 Å². The summed E-state index contributed by atoms with van der Waals surface area (Å²) in [6, 6.07) is 8.24. The van der Waals surface area contributed by atoms with E-state index < -0.39 is 12.5 Å². The van der Waals surface area contributed by atoms with Crippen molar-refractivity contribution >= 4 is 17.0 Å². The fourth-order valence-electron chi connectivity index (χ4n) is 1.64. The van der Waals surface area contributed by atoms with Crippen LogP contribution in [-0.4, -0.2) is 28.4 Å². The second-order valence-corrected chi connectivity index (χ2v) is 4.56. The summed E-state index contributed by atoms with van der Waals surface area (Å²) >= 11 is 0.968. The molecule has 5 heteroatoms. The van der Waals surface area contributed by atoms with Gasteiger partial charge in [0.2, 0.25) is 0 Å². The molecule has 1 fully saturated rings. The molecule has 0 aliphatic carbocycles. The first-order valence-corrected chi connectivity index (χ1v) is 5.92. The van der Waals surface area contributed by atoms with E-state index in [4.69, 9.17) is 0 Å². The lowest BCUT2D eigenvalue weighted by Crippen LogP contribution is -2.37. The number of thioether (sulfide) groups is 1. The number of amides is 1. The smallest absolute Gasteiger partial charge is 0.282 e. The van der Waals surface area contributed by atoms with Gasteiger partial charge in [-0.1, -0.05) is 42.1 Å². The highest BCUT2D eigenvalue weighted by atomic mass is 32.2. The minimum Gasteiger partial charge on any atom is -0.320 e. The fourth-order valence-corrected chi connectivity index (χ4v) is 2.64. The molecule has 16 heavy (non-hydrogen) atoms. The number of carbonyl (C=O) groups excluding carboxylic acids is 1. The average Bonchev–Trinajstić information content (AvgIpc) is 2.62. The predicted octanol–water partition coefficient (Wildman–Crippen LogP) is 2.99. The zero-order valence-electron chi connectivity index (χ0n) is 8.48. The van der Waals surface area contributed by atoms with E-state index in [9.17, 15) is 13.6 Å². The van der Waals surface area contributed by atoms with Gasteiger partial charge in [-0.3, -0.25) is 4.79 Å². The molecule has 1 aromatic rings. The Balaban J connectivity index is 2.10.